The predicted octanol–water partition coefficient (Wildman–Crippen LogP) is 3.10. The van der Waals surface area contributed by atoms with Gasteiger partial charge in [-0.1, -0.05) is 0 Å². The van der Waals surface area contributed by atoms with E-state index in [-0.39, 0.29) is 5.60 Å². The van der Waals surface area contributed by atoms with Gasteiger partial charge in [0, 0.05) is 44.0 Å². The number of rotatable bonds is 7. The van der Waals surface area contributed by atoms with Gasteiger partial charge in [-0.2, -0.15) is 0 Å². The first kappa shape index (κ1) is 14.5. The molecule has 0 aromatic carbocycles. The summed E-state index contributed by atoms with van der Waals surface area (Å²) in [6.45, 7) is 6.12. The van der Waals surface area contributed by atoms with Gasteiger partial charge in [-0.15, -0.1) is 0 Å². The fourth-order valence-corrected chi connectivity index (χ4v) is 2.54. The molecule has 1 aliphatic rings. The molecule has 0 amide bonds. The molecule has 0 bridgehead atoms. The zero-order valence-corrected chi connectivity index (χ0v) is 13.2. The minimum atomic E-state index is -0.0994. The summed E-state index contributed by atoms with van der Waals surface area (Å²) in [5.41, 5.74) is 2.33. The number of aryl methyl sites for hydroxylation is 1. The molecule has 4 heteroatoms. The number of nitrogens with one attached hydrogen (secondary N) is 1. The summed E-state index contributed by atoms with van der Waals surface area (Å²) in [6, 6.07) is 4.92. The molecule has 3 rings (SSSR count). The van der Waals surface area contributed by atoms with Gasteiger partial charge in [-0.3, -0.25) is 0 Å². The molecular weight excluding hydrogens is 262 g/mol. The molecule has 1 aliphatic carbocycles. The van der Waals surface area contributed by atoms with E-state index in [0.29, 0.717) is 0 Å². The van der Waals surface area contributed by atoms with Gasteiger partial charge in [0.1, 0.15) is 5.65 Å². The van der Waals surface area contributed by atoms with Gasteiger partial charge in [0.25, 0.3) is 0 Å². The van der Waals surface area contributed by atoms with Crippen LogP contribution in [-0.4, -0.2) is 28.3 Å². The summed E-state index contributed by atoms with van der Waals surface area (Å²) in [5, 5.41) is 4.86. The van der Waals surface area contributed by atoms with Gasteiger partial charge in [0.15, 0.2) is 0 Å². The quantitative estimate of drug-likeness (QED) is 0.850. The van der Waals surface area contributed by atoms with Crippen LogP contribution in [0.15, 0.2) is 24.5 Å². The highest BCUT2D eigenvalue weighted by Crippen LogP contribution is 2.24. The fourth-order valence-electron chi connectivity index (χ4n) is 2.54. The molecule has 2 heterocycles. The third kappa shape index (κ3) is 3.44. The molecule has 0 aliphatic heterocycles. The number of aromatic nitrogens is 2. The van der Waals surface area contributed by atoms with Crippen LogP contribution in [0.3, 0.4) is 0 Å². The van der Waals surface area contributed by atoms with Crippen LogP contribution < -0.4 is 5.32 Å². The Labute approximate surface area is 126 Å². The van der Waals surface area contributed by atoms with E-state index in [1.165, 1.54) is 23.8 Å². The highest BCUT2D eigenvalue weighted by atomic mass is 16.5. The third-order valence-corrected chi connectivity index (χ3v) is 4.38. The van der Waals surface area contributed by atoms with Crippen LogP contribution in [0.25, 0.3) is 11.0 Å². The van der Waals surface area contributed by atoms with Crippen LogP contribution in [0.1, 0.15) is 38.7 Å². The molecule has 21 heavy (non-hydrogen) atoms. The van der Waals surface area contributed by atoms with Crippen molar-refractivity contribution in [3.05, 3.63) is 30.1 Å². The summed E-state index contributed by atoms with van der Waals surface area (Å²) < 4.78 is 7.78. The number of hydrogen-bond acceptors (Lipinski definition) is 3. The maximum absolute atomic E-state index is 5.52. The Morgan fingerprint density at radius 3 is 2.95 bits per heavy atom. The largest absolute Gasteiger partial charge is 0.379 e. The third-order valence-electron chi connectivity index (χ3n) is 4.38. The first-order valence-corrected chi connectivity index (χ1v) is 7.80. The molecule has 2 aromatic rings. The molecule has 2 aromatic heterocycles. The topological polar surface area (TPSA) is 39.1 Å². The lowest BCUT2D eigenvalue weighted by Crippen LogP contribution is -2.24. The van der Waals surface area contributed by atoms with E-state index in [0.717, 1.165) is 31.2 Å². The fraction of sp³-hybridized carbons (Fsp3) is 0.588. The van der Waals surface area contributed by atoms with Gasteiger partial charge in [0.2, 0.25) is 0 Å². The van der Waals surface area contributed by atoms with Gasteiger partial charge in [-0.05, 0) is 50.8 Å². The summed E-state index contributed by atoms with van der Waals surface area (Å²) in [6.07, 6.45) is 7.73. The second-order valence-electron chi connectivity index (χ2n) is 6.59. The van der Waals surface area contributed by atoms with Crippen LogP contribution in [0.2, 0.25) is 0 Å². The number of fused-ring (bicyclic) bond motifs is 1. The minimum absolute atomic E-state index is 0.0994. The zero-order valence-electron chi connectivity index (χ0n) is 13.2. The Morgan fingerprint density at radius 2 is 2.24 bits per heavy atom. The SMILES string of the molecule is COC(C)(C)CCn1cc(CNC2CC2)c2cccnc21. The van der Waals surface area contributed by atoms with Gasteiger partial charge < -0.3 is 14.6 Å². The average Bonchev–Trinajstić information content (AvgIpc) is 3.25. The Balaban J connectivity index is 1.80. The minimum Gasteiger partial charge on any atom is -0.379 e. The van der Waals surface area contributed by atoms with Gasteiger partial charge in [-0.25, -0.2) is 4.98 Å². The lowest BCUT2D eigenvalue weighted by atomic mass is 10.1. The van der Waals surface area contributed by atoms with Crippen molar-refractivity contribution in [1.82, 2.24) is 14.9 Å². The smallest absolute Gasteiger partial charge is 0.140 e. The molecule has 0 radical (unpaired) electrons. The molecular formula is C17H25N3O. The first-order chi connectivity index (χ1) is 10.1. The van der Waals surface area contributed by atoms with Gasteiger partial charge in [0.05, 0.1) is 5.60 Å². The van der Waals surface area contributed by atoms with Crippen molar-refractivity contribution in [2.24, 2.45) is 0 Å². The van der Waals surface area contributed by atoms with Crippen molar-refractivity contribution in [3.63, 3.8) is 0 Å². The monoisotopic (exact) mass is 287 g/mol. The highest BCUT2D eigenvalue weighted by molar-refractivity contribution is 5.80. The van der Waals surface area contributed by atoms with Gasteiger partial charge >= 0.3 is 0 Å². The maximum Gasteiger partial charge on any atom is 0.140 e. The average molecular weight is 287 g/mol. The van der Waals surface area contributed by atoms with Crippen molar-refractivity contribution in [2.75, 3.05) is 7.11 Å². The van der Waals surface area contributed by atoms with Crippen LogP contribution in [-0.2, 0) is 17.8 Å². The molecule has 1 N–H and O–H groups in total. The molecule has 1 fully saturated rings. The van der Waals surface area contributed by atoms with Crippen molar-refractivity contribution in [1.29, 1.82) is 0 Å². The van der Waals surface area contributed by atoms with E-state index < -0.39 is 0 Å². The molecule has 0 spiro atoms. The van der Waals surface area contributed by atoms with E-state index >= 15 is 0 Å². The predicted molar refractivity (Wildman–Crippen MR) is 85.3 cm³/mol. The molecule has 0 saturated heterocycles. The van der Waals surface area contributed by atoms with Crippen LogP contribution in [0, 0.1) is 0 Å². The summed E-state index contributed by atoms with van der Waals surface area (Å²) in [4.78, 5) is 4.57. The normalized spacial score (nSPS) is 15.8. The summed E-state index contributed by atoms with van der Waals surface area (Å²) in [5.74, 6) is 0. The lowest BCUT2D eigenvalue weighted by Gasteiger charge is -2.23. The van der Waals surface area contributed by atoms with Crippen molar-refractivity contribution < 1.29 is 4.74 Å². The highest BCUT2D eigenvalue weighted by Gasteiger charge is 2.21. The van der Waals surface area contributed by atoms with Crippen LogP contribution in [0.4, 0.5) is 0 Å². The molecule has 0 unspecified atom stereocenters. The van der Waals surface area contributed by atoms with E-state index in [9.17, 15) is 0 Å². The van der Waals surface area contributed by atoms with Crippen molar-refractivity contribution in [2.45, 2.75) is 57.8 Å². The number of hydrogen-bond donors (Lipinski definition) is 1. The Morgan fingerprint density at radius 1 is 1.43 bits per heavy atom. The molecule has 0 atom stereocenters. The standard InChI is InChI=1S/C17H25N3O/c1-17(2,21-3)8-10-20-12-13(11-19-14-6-7-14)15-5-4-9-18-16(15)20/h4-5,9,12,14,19H,6-8,10-11H2,1-3H3. The van der Waals surface area contributed by atoms with Crippen molar-refractivity contribution in [3.8, 4) is 0 Å². The zero-order chi connectivity index (χ0) is 14.9. The molecule has 114 valence electrons. The Bertz CT molecular complexity index is 614. The van der Waals surface area contributed by atoms with Crippen LogP contribution in [0.5, 0.6) is 0 Å². The number of pyridine rings is 1. The molecule has 4 nitrogen and oxygen atoms in total. The Hall–Kier alpha value is -1.39. The number of ether oxygens (including phenoxy) is 1. The summed E-state index contributed by atoms with van der Waals surface area (Å²) in [7, 11) is 1.77. The van der Waals surface area contributed by atoms with E-state index in [1.807, 2.05) is 12.3 Å². The van der Waals surface area contributed by atoms with Crippen LogP contribution >= 0.6 is 0 Å². The van der Waals surface area contributed by atoms with E-state index in [2.05, 4.69) is 41.0 Å². The Kier molecular flexibility index (Phi) is 4.00. The summed E-state index contributed by atoms with van der Waals surface area (Å²) >= 11 is 0. The number of methoxy groups -OCH3 is 1. The first-order valence-electron chi connectivity index (χ1n) is 7.80. The second-order valence-corrected chi connectivity index (χ2v) is 6.59. The van der Waals surface area contributed by atoms with Crippen molar-refractivity contribution >= 4 is 11.0 Å². The van der Waals surface area contributed by atoms with E-state index in [4.69, 9.17) is 4.74 Å². The molecule has 1 saturated carbocycles. The number of nitrogens with zero attached hydrogens (tertiary/aromatic N) is 2. The van der Waals surface area contributed by atoms with E-state index in [1.54, 1.807) is 7.11 Å². The lowest BCUT2D eigenvalue weighted by molar-refractivity contribution is 0.0123. The maximum atomic E-state index is 5.52. The second kappa shape index (κ2) is 5.78.